The molecule has 0 spiro atoms. The van der Waals surface area contributed by atoms with Crippen molar-refractivity contribution < 1.29 is 8.42 Å². The van der Waals surface area contributed by atoms with Gasteiger partial charge < -0.3 is 4.57 Å². The van der Waals surface area contributed by atoms with Crippen molar-refractivity contribution in [1.82, 2.24) is 14.3 Å². The van der Waals surface area contributed by atoms with Crippen LogP contribution in [0.1, 0.15) is 16.8 Å². The number of hydrogen-bond acceptors (Lipinski definition) is 4. The fourth-order valence-electron chi connectivity index (χ4n) is 3.34. The van der Waals surface area contributed by atoms with E-state index in [0.717, 1.165) is 33.1 Å². The Balaban J connectivity index is 1.63. The molecular formula is C23H23N3O2S2. The van der Waals surface area contributed by atoms with Crippen LogP contribution in [0.3, 0.4) is 0 Å². The first-order valence-electron chi connectivity index (χ1n) is 9.58. The van der Waals surface area contributed by atoms with Gasteiger partial charge in [0, 0.05) is 30.2 Å². The Morgan fingerprint density at radius 2 is 1.73 bits per heavy atom. The first-order valence-corrected chi connectivity index (χ1v) is 11.9. The van der Waals surface area contributed by atoms with E-state index < -0.39 is 10.0 Å². The van der Waals surface area contributed by atoms with Crippen molar-refractivity contribution >= 4 is 21.4 Å². The molecule has 0 bridgehead atoms. The number of thiazole rings is 1. The van der Waals surface area contributed by atoms with Crippen LogP contribution in [0.25, 0.3) is 22.0 Å². The maximum atomic E-state index is 13.0. The Hall–Kier alpha value is -2.74. The molecule has 0 fully saturated rings. The molecule has 1 N–H and O–H groups in total. The maximum absolute atomic E-state index is 13.0. The fourth-order valence-corrected chi connectivity index (χ4v) is 5.51. The summed E-state index contributed by atoms with van der Waals surface area (Å²) >= 11 is 1.51. The Labute approximate surface area is 181 Å². The molecule has 2 aromatic heterocycles. The Kier molecular flexibility index (Phi) is 5.60. The van der Waals surface area contributed by atoms with Gasteiger partial charge in [-0.25, -0.2) is 18.1 Å². The van der Waals surface area contributed by atoms with Gasteiger partial charge in [0.15, 0.2) is 0 Å². The molecule has 0 radical (unpaired) electrons. The zero-order valence-corrected chi connectivity index (χ0v) is 18.7. The molecular weight excluding hydrogens is 414 g/mol. The molecule has 0 saturated heterocycles. The molecule has 30 heavy (non-hydrogen) atoms. The number of hydrogen-bond donors (Lipinski definition) is 1. The van der Waals surface area contributed by atoms with Gasteiger partial charge in [0.1, 0.15) is 9.90 Å². The van der Waals surface area contributed by atoms with Crippen LogP contribution >= 0.6 is 11.3 Å². The van der Waals surface area contributed by atoms with Crippen LogP contribution in [0.5, 0.6) is 0 Å². The van der Waals surface area contributed by atoms with Crippen molar-refractivity contribution in [1.29, 1.82) is 0 Å². The molecule has 0 atom stereocenters. The number of rotatable bonds is 6. The lowest BCUT2D eigenvalue weighted by molar-refractivity contribution is 0.580. The van der Waals surface area contributed by atoms with Gasteiger partial charge in [-0.1, -0.05) is 54.6 Å². The summed E-state index contributed by atoms with van der Waals surface area (Å²) < 4.78 is 30.7. The third-order valence-corrected chi connectivity index (χ3v) is 7.67. The SMILES string of the molecule is Cc1ccccc1CNS(=O)(=O)c1cc(-c2nc(-c3ccccc3)cs2)n(C)c1C. The van der Waals surface area contributed by atoms with Crippen LogP contribution in [0.15, 0.2) is 70.9 Å². The number of nitrogens with zero attached hydrogens (tertiary/aromatic N) is 2. The van der Waals surface area contributed by atoms with Gasteiger partial charge in [0.25, 0.3) is 0 Å². The number of nitrogens with one attached hydrogen (secondary N) is 1. The highest BCUT2D eigenvalue weighted by Gasteiger charge is 2.23. The van der Waals surface area contributed by atoms with Gasteiger partial charge in [-0.3, -0.25) is 0 Å². The minimum absolute atomic E-state index is 0.258. The second-order valence-corrected chi connectivity index (χ2v) is 9.79. The highest BCUT2D eigenvalue weighted by Crippen LogP contribution is 2.32. The third kappa shape index (κ3) is 3.96. The summed E-state index contributed by atoms with van der Waals surface area (Å²) in [6.45, 7) is 4.05. The smallest absolute Gasteiger partial charge is 0.242 e. The van der Waals surface area contributed by atoms with Gasteiger partial charge in [-0.15, -0.1) is 11.3 Å². The Morgan fingerprint density at radius 1 is 1.03 bits per heavy atom. The molecule has 2 aromatic carbocycles. The summed E-state index contributed by atoms with van der Waals surface area (Å²) in [4.78, 5) is 5.02. The van der Waals surface area contributed by atoms with Crippen molar-refractivity contribution in [3.05, 3.63) is 82.9 Å². The fraction of sp³-hybridized carbons (Fsp3) is 0.174. The van der Waals surface area contributed by atoms with Gasteiger partial charge in [0.05, 0.1) is 11.4 Å². The topological polar surface area (TPSA) is 64.0 Å². The molecule has 4 aromatic rings. The molecule has 0 unspecified atom stereocenters. The second-order valence-electron chi connectivity index (χ2n) is 7.19. The summed E-state index contributed by atoms with van der Waals surface area (Å²) in [5.41, 5.74) is 5.41. The Bertz CT molecular complexity index is 1290. The first kappa shape index (κ1) is 20.5. The predicted molar refractivity (Wildman–Crippen MR) is 122 cm³/mol. The second kappa shape index (κ2) is 8.18. The summed E-state index contributed by atoms with van der Waals surface area (Å²) in [5, 5.41) is 2.79. The van der Waals surface area contributed by atoms with Crippen LogP contribution in [0.2, 0.25) is 0 Å². The van der Waals surface area contributed by atoms with E-state index in [1.165, 1.54) is 11.3 Å². The van der Waals surface area contributed by atoms with E-state index in [9.17, 15) is 8.42 Å². The lowest BCUT2D eigenvalue weighted by Gasteiger charge is -2.09. The molecule has 2 heterocycles. The third-order valence-electron chi connectivity index (χ3n) is 5.29. The number of aryl methyl sites for hydroxylation is 1. The molecule has 0 aliphatic heterocycles. The van der Waals surface area contributed by atoms with E-state index in [0.29, 0.717) is 5.69 Å². The molecule has 0 aliphatic carbocycles. The largest absolute Gasteiger partial charge is 0.345 e. The summed E-state index contributed by atoms with van der Waals surface area (Å²) in [6.07, 6.45) is 0. The minimum atomic E-state index is -3.65. The van der Waals surface area contributed by atoms with Crippen molar-refractivity contribution in [2.75, 3.05) is 0 Å². The standard InChI is InChI=1S/C23H23N3O2S2/c1-16-9-7-8-12-19(16)14-24-30(27,28)22-13-21(26(3)17(22)2)23-25-20(15-29-23)18-10-5-4-6-11-18/h4-13,15,24H,14H2,1-3H3. The lowest BCUT2D eigenvalue weighted by Crippen LogP contribution is -2.24. The molecule has 7 heteroatoms. The summed E-state index contributed by atoms with van der Waals surface area (Å²) in [7, 11) is -1.79. The van der Waals surface area contributed by atoms with Gasteiger partial charge >= 0.3 is 0 Å². The summed E-state index contributed by atoms with van der Waals surface area (Å²) in [5.74, 6) is 0. The van der Waals surface area contributed by atoms with Crippen molar-refractivity contribution in [2.24, 2.45) is 7.05 Å². The van der Waals surface area contributed by atoms with Crippen molar-refractivity contribution in [3.8, 4) is 22.0 Å². The van der Waals surface area contributed by atoms with Crippen molar-refractivity contribution in [3.63, 3.8) is 0 Å². The average molecular weight is 438 g/mol. The molecule has 5 nitrogen and oxygen atoms in total. The van der Waals surface area contributed by atoms with E-state index in [-0.39, 0.29) is 11.4 Å². The molecule has 154 valence electrons. The normalized spacial score (nSPS) is 11.7. The van der Waals surface area contributed by atoms with Crippen LogP contribution < -0.4 is 4.72 Å². The Morgan fingerprint density at radius 3 is 2.47 bits per heavy atom. The monoisotopic (exact) mass is 437 g/mol. The minimum Gasteiger partial charge on any atom is -0.345 e. The molecule has 0 amide bonds. The van der Waals surface area contributed by atoms with E-state index in [4.69, 9.17) is 4.98 Å². The van der Waals surface area contributed by atoms with Gasteiger partial charge in [-0.2, -0.15) is 0 Å². The lowest BCUT2D eigenvalue weighted by atomic mass is 10.1. The number of benzene rings is 2. The maximum Gasteiger partial charge on any atom is 0.242 e. The van der Waals surface area contributed by atoms with Crippen LogP contribution in [0.4, 0.5) is 0 Å². The van der Waals surface area contributed by atoms with E-state index in [2.05, 4.69) is 4.72 Å². The van der Waals surface area contributed by atoms with Crippen molar-refractivity contribution in [2.45, 2.75) is 25.3 Å². The van der Waals surface area contributed by atoms with E-state index in [1.54, 1.807) is 6.07 Å². The summed E-state index contributed by atoms with van der Waals surface area (Å²) in [6, 6.07) is 19.4. The van der Waals surface area contributed by atoms with Crippen LogP contribution in [0, 0.1) is 13.8 Å². The molecule has 0 saturated carbocycles. The highest BCUT2D eigenvalue weighted by molar-refractivity contribution is 7.89. The number of sulfonamides is 1. The zero-order chi connectivity index (χ0) is 21.3. The zero-order valence-electron chi connectivity index (χ0n) is 17.1. The van der Waals surface area contributed by atoms with E-state index >= 15 is 0 Å². The molecule has 4 rings (SSSR count). The van der Waals surface area contributed by atoms with Crippen LogP contribution in [-0.4, -0.2) is 18.0 Å². The van der Waals surface area contributed by atoms with Gasteiger partial charge in [0.2, 0.25) is 10.0 Å². The average Bonchev–Trinajstić information content (AvgIpc) is 3.34. The van der Waals surface area contributed by atoms with Gasteiger partial charge in [-0.05, 0) is 31.0 Å². The van der Waals surface area contributed by atoms with E-state index in [1.807, 2.05) is 85.4 Å². The van der Waals surface area contributed by atoms with Crippen LogP contribution in [-0.2, 0) is 23.6 Å². The quantitative estimate of drug-likeness (QED) is 0.466. The predicted octanol–water partition coefficient (Wildman–Crippen LogP) is 4.91. The highest BCUT2D eigenvalue weighted by atomic mass is 32.2. The number of aromatic nitrogens is 2. The first-order chi connectivity index (χ1) is 14.4. The molecule has 0 aliphatic rings.